The maximum absolute atomic E-state index is 12.5. The first-order chi connectivity index (χ1) is 8.75. The topological polar surface area (TPSA) is 40.8 Å². The number of amides is 1. The normalized spacial score (nSPS) is 17.3. The molecule has 3 heterocycles. The average Bonchev–Trinajstić information content (AvgIpc) is 2.87. The largest absolute Gasteiger partial charge is 0.335 e. The van der Waals surface area contributed by atoms with Gasteiger partial charge in [0.15, 0.2) is 0 Å². The van der Waals surface area contributed by atoms with E-state index in [1.165, 1.54) is 0 Å². The summed E-state index contributed by atoms with van der Waals surface area (Å²) in [6.45, 7) is 3.46. The second-order valence-corrected chi connectivity index (χ2v) is 4.66. The molecule has 1 saturated heterocycles. The smallest absolute Gasteiger partial charge is 0.270 e. The summed E-state index contributed by atoms with van der Waals surface area (Å²) >= 11 is 0. The molecule has 5 nitrogen and oxygen atoms in total. The predicted molar refractivity (Wildman–Crippen MR) is 68.6 cm³/mol. The SMILES string of the molecule is CN1CCN(C(=O)c2cccc3nccn23)CC1. The Morgan fingerprint density at radius 2 is 2.00 bits per heavy atom. The van der Waals surface area contributed by atoms with Crippen LogP contribution in [-0.4, -0.2) is 58.3 Å². The standard InChI is InChI=1S/C13H16N4O/c1-15-7-9-16(10-8-15)13(18)11-3-2-4-12-14-5-6-17(11)12/h2-6H,7-10H2,1H3. The lowest BCUT2D eigenvalue weighted by atomic mass is 10.2. The number of carbonyl (C=O) groups is 1. The molecule has 3 rings (SSSR count). The molecular weight excluding hydrogens is 228 g/mol. The molecule has 0 saturated carbocycles. The molecule has 0 atom stereocenters. The zero-order chi connectivity index (χ0) is 12.5. The van der Waals surface area contributed by atoms with Crippen LogP contribution in [0.25, 0.3) is 5.65 Å². The summed E-state index contributed by atoms with van der Waals surface area (Å²) in [4.78, 5) is 20.8. The van der Waals surface area contributed by atoms with E-state index in [2.05, 4.69) is 16.9 Å². The van der Waals surface area contributed by atoms with Crippen LogP contribution < -0.4 is 0 Å². The first-order valence-corrected chi connectivity index (χ1v) is 6.15. The van der Waals surface area contributed by atoms with Gasteiger partial charge in [-0.05, 0) is 19.2 Å². The van der Waals surface area contributed by atoms with Gasteiger partial charge in [0, 0.05) is 38.6 Å². The summed E-state index contributed by atoms with van der Waals surface area (Å²) in [5.41, 5.74) is 1.50. The number of fused-ring (bicyclic) bond motifs is 1. The first-order valence-electron chi connectivity index (χ1n) is 6.15. The van der Waals surface area contributed by atoms with E-state index in [1.54, 1.807) is 6.20 Å². The highest BCUT2D eigenvalue weighted by Crippen LogP contribution is 2.10. The number of nitrogens with zero attached hydrogens (tertiary/aromatic N) is 4. The molecule has 1 aliphatic heterocycles. The van der Waals surface area contributed by atoms with Crippen molar-refractivity contribution in [3.63, 3.8) is 0 Å². The molecule has 1 amide bonds. The number of pyridine rings is 1. The molecule has 0 aliphatic carbocycles. The van der Waals surface area contributed by atoms with E-state index in [9.17, 15) is 4.79 Å². The number of hydrogen-bond acceptors (Lipinski definition) is 3. The van der Waals surface area contributed by atoms with Crippen LogP contribution in [0, 0.1) is 0 Å². The Hall–Kier alpha value is -1.88. The van der Waals surface area contributed by atoms with Crippen LogP contribution in [0.3, 0.4) is 0 Å². The lowest BCUT2D eigenvalue weighted by Crippen LogP contribution is -2.47. The van der Waals surface area contributed by atoms with Crippen LogP contribution in [-0.2, 0) is 0 Å². The predicted octanol–water partition coefficient (Wildman–Crippen LogP) is 0.722. The van der Waals surface area contributed by atoms with Crippen LogP contribution in [0.4, 0.5) is 0 Å². The number of carbonyl (C=O) groups excluding carboxylic acids is 1. The van der Waals surface area contributed by atoms with Gasteiger partial charge in [0.25, 0.3) is 5.91 Å². The molecule has 0 bridgehead atoms. The van der Waals surface area contributed by atoms with Crippen molar-refractivity contribution < 1.29 is 4.79 Å². The van der Waals surface area contributed by atoms with Crippen molar-refractivity contribution in [3.8, 4) is 0 Å². The zero-order valence-electron chi connectivity index (χ0n) is 10.4. The molecule has 2 aromatic heterocycles. The number of piperazine rings is 1. The molecule has 0 unspecified atom stereocenters. The molecule has 0 spiro atoms. The van der Waals surface area contributed by atoms with Gasteiger partial charge in [0.1, 0.15) is 11.3 Å². The minimum absolute atomic E-state index is 0.0895. The van der Waals surface area contributed by atoms with Gasteiger partial charge >= 0.3 is 0 Å². The van der Waals surface area contributed by atoms with Gasteiger partial charge in [-0.15, -0.1) is 0 Å². The average molecular weight is 244 g/mol. The summed E-state index contributed by atoms with van der Waals surface area (Å²) in [6, 6.07) is 5.64. The summed E-state index contributed by atoms with van der Waals surface area (Å²) < 4.78 is 1.85. The van der Waals surface area contributed by atoms with Gasteiger partial charge < -0.3 is 9.80 Å². The molecule has 2 aromatic rings. The van der Waals surface area contributed by atoms with Crippen LogP contribution in [0.15, 0.2) is 30.6 Å². The second-order valence-electron chi connectivity index (χ2n) is 4.66. The molecule has 0 N–H and O–H groups in total. The number of imidazole rings is 1. The lowest BCUT2D eigenvalue weighted by molar-refractivity contribution is 0.0656. The maximum Gasteiger partial charge on any atom is 0.270 e. The van der Waals surface area contributed by atoms with Crippen molar-refractivity contribution in [2.75, 3.05) is 33.2 Å². The Morgan fingerprint density at radius 3 is 2.78 bits per heavy atom. The summed E-state index contributed by atoms with van der Waals surface area (Å²) in [5.74, 6) is 0.0895. The fourth-order valence-corrected chi connectivity index (χ4v) is 2.29. The first kappa shape index (κ1) is 11.2. The van der Waals surface area contributed by atoms with Crippen molar-refractivity contribution in [2.24, 2.45) is 0 Å². The third-order valence-corrected chi connectivity index (χ3v) is 3.44. The molecular formula is C13H16N4O. The Morgan fingerprint density at radius 1 is 1.22 bits per heavy atom. The van der Waals surface area contributed by atoms with E-state index in [0.29, 0.717) is 5.69 Å². The zero-order valence-corrected chi connectivity index (χ0v) is 10.4. The number of hydrogen-bond donors (Lipinski definition) is 0. The van der Waals surface area contributed by atoms with Gasteiger partial charge in [0.2, 0.25) is 0 Å². The Bertz CT molecular complexity index is 569. The molecule has 0 radical (unpaired) electrons. The fourth-order valence-electron chi connectivity index (χ4n) is 2.29. The molecule has 1 fully saturated rings. The van der Waals surface area contributed by atoms with Crippen molar-refractivity contribution in [1.82, 2.24) is 19.2 Å². The van der Waals surface area contributed by atoms with E-state index < -0.39 is 0 Å². The molecule has 5 heteroatoms. The van der Waals surface area contributed by atoms with E-state index in [-0.39, 0.29) is 5.91 Å². The number of aromatic nitrogens is 2. The van der Waals surface area contributed by atoms with E-state index in [4.69, 9.17) is 0 Å². The summed E-state index contributed by atoms with van der Waals surface area (Å²) in [5, 5.41) is 0. The highest BCUT2D eigenvalue weighted by Gasteiger charge is 2.21. The minimum Gasteiger partial charge on any atom is -0.335 e. The quantitative estimate of drug-likeness (QED) is 0.742. The fraction of sp³-hybridized carbons (Fsp3) is 0.385. The number of likely N-dealkylation sites (N-methyl/N-ethyl adjacent to an activating group) is 1. The summed E-state index contributed by atoms with van der Waals surface area (Å²) in [7, 11) is 2.08. The van der Waals surface area contributed by atoms with Crippen LogP contribution in [0.2, 0.25) is 0 Å². The van der Waals surface area contributed by atoms with Crippen LogP contribution in [0.1, 0.15) is 10.5 Å². The minimum atomic E-state index is 0.0895. The van der Waals surface area contributed by atoms with Crippen LogP contribution in [0.5, 0.6) is 0 Å². The van der Waals surface area contributed by atoms with Crippen molar-refractivity contribution >= 4 is 11.6 Å². The van der Waals surface area contributed by atoms with Gasteiger partial charge in [0.05, 0.1) is 0 Å². The third-order valence-electron chi connectivity index (χ3n) is 3.44. The van der Waals surface area contributed by atoms with Gasteiger partial charge in [-0.2, -0.15) is 0 Å². The molecule has 94 valence electrons. The van der Waals surface area contributed by atoms with Crippen molar-refractivity contribution in [3.05, 3.63) is 36.3 Å². The summed E-state index contributed by atoms with van der Waals surface area (Å²) in [6.07, 6.45) is 3.55. The Labute approximate surface area is 106 Å². The maximum atomic E-state index is 12.5. The van der Waals surface area contributed by atoms with Gasteiger partial charge in [-0.1, -0.05) is 6.07 Å². The van der Waals surface area contributed by atoms with Crippen molar-refractivity contribution in [2.45, 2.75) is 0 Å². The highest BCUT2D eigenvalue weighted by molar-refractivity contribution is 5.93. The lowest BCUT2D eigenvalue weighted by Gasteiger charge is -2.32. The highest BCUT2D eigenvalue weighted by atomic mass is 16.2. The van der Waals surface area contributed by atoms with Crippen LogP contribution >= 0.6 is 0 Å². The Balaban J connectivity index is 1.90. The third kappa shape index (κ3) is 1.86. The van der Waals surface area contributed by atoms with E-state index in [1.807, 2.05) is 33.7 Å². The Kier molecular flexibility index (Phi) is 2.76. The second kappa shape index (κ2) is 4.42. The van der Waals surface area contributed by atoms with E-state index in [0.717, 1.165) is 31.8 Å². The van der Waals surface area contributed by atoms with Gasteiger partial charge in [-0.25, -0.2) is 4.98 Å². The van der Waals surface area contributed by atoms with Crippen molar-refractivity contribution in [1.29, 1.82) is 0 Å². The molecule has 1 aliphatic rings. The van der Waals surface area contributed by atoms with E-state index >= 15 is 0 Å². The van der Waals surface area contributed by atoms with Gasteiger partial charge in [-0.3, -0.25) is 9.20 Å². The molecule has 0 aromatic carbocycles. The molecule has 18 heavy (non-hydrogen) atoms. The number of rotatable bonds is 1. The monoisotopic (exact) mass is 244 g/mol.